The maximum atomic E-state index is 4.65. The number of anilines is 1. The van der Waals surface area contributed by atoms with Gasteiger partial charge in [-0.05, 0) is 30.5 Å². The third-order valence-corrected chi connectivity index (χ3v) is 3.86. The summed E-state index contributed by atoms with van der Waals surface area (Å²) in [4.78, 5) is 4.65. The minimum absolute atomic E-state index is 0.323. The molecule has 0 aliphatic heterocycles. The van der Waals surface area contributed by atoms with E-state index >= 15 is 0 Å². The first-order chi connectivity index (χ1) is 11.2. The smallest absolute Gasteiger partial charge is 0.224 e. The number of nitrogens with zero attached hydrogens (tertiary/aromatic N) is 3. The number of imidazole rings is 1. The van der Waals surface area contributed by atoms with Gasteiger partial charge in [0.2, 0.25) is 5.95 Å². The molecule has 118 valence electrons. The zero-order valence-electron chi connectivity index (χ0n) is 13.8. The number of rotatable bonds is 5. The molecule has 2 aromatic carbocycles. The van der Waals surface area contributed by atoms with Crippen molar-refractivity contribution < 1.29 is 0 Å². The molecule has 0 unspecified atom stereocenters. The van der Waals surface area contributed by atoms with Crippen LogP contribution in [0.5, 0.6) is 0 Å². The van der Waals surface area contributed by atoms with E-state index in [0.717, 1.165) is 34.8 Å². The van der Waals surface area contributed by atoms with Crippen molar-refractivity contribution in [1.29, 1.82) is 0 Å². The van der Waals surface area contributed by atoms with Crippen molar-refractivity contribution in [2.75, 3.05) is 5.43 Å². The summed E-state index contributed by atoms with van der Waals surface area (Å²) < 4.78 is 2.14. The fourth-order valence-electron chi connectivity index (χ4n) is 2.73. The van der Waals surface area contributed by atoms with Crippen molar-refractivity contribution in [3.8, 4) is 0 Å². The first-order valence-electron chi connectivity index (χ1n) is 8.05. The number of nitrogens with one attached hydrogen (secondary N) is 1. The third-order valence-electron chi connectivity index (χ3n) is 3.86. The fourth-order valence-corrected chi connectivity index (χ4v) is 2.73. The number of aromatic nitrogens is 2. The van der Waals surface area contributed by atoms with Crippen LogP contribution in [-0.4, -0.2) is 15.3 Å². The summed E-state index contributed by atoms with van der Waals surface area (Å²) in [5.41, 5.74) is 7.44. The van der Waals surface area contributed by atoms with Crippen molar-refractivity contribution in [3.63, 3.8) is 0 Å². The SMILES string of the molecule is CCn1c(N/N=C(/c2ccccc2)C(C)C)nc2ccccc21. The van der Waals surface area contributed by atoms with Gasteiger partial charge in [0.25, 0.3) is 0 Å². The first-order valence-corrected chi connectivity index (χ1v) is 8.05. The van der Waals surface area contributed by atoms with Gasteiger partial charge in [0.1, 0.15) is 0 Å². The molecule has 0 amide bonds. The van der Waals surface area contributed by atoms with Crippen LogP contribution in [0.1, 0.15) is 26.3 Å². The Kier molecular flexibility index (Phi) is 4.42. The van der Waals surface area contributed by atoms with Crippen LogP contribution in [-0.2, 0) is 6.54 Å². The van der Waals surface area contributed by atoms with Gasteiger partial charge in [-0.3, -0.25) is 0 Å². The molecule has 0 fully saturated rings. The lowest BCUT2D eigenvalue weighted by atomic mass is 10.0. The van der Waals surface area contributed by atoms with Crippen molar-refractivity contribution in [2.45, 2.75) is 27.3 Å². The molecule has 0 aliphatic rings. The minimum atomic E-state index is 0.323. The number of aryl methyl sites for hydroxylation is 1. The average molecular weight is 306 g/mol. The molecule has 1 N–H and O–H groups in total. The molecule has 4 heteroatoms. The highest BCUT2D eigenvalue weighted by Gasteiger charge is 2.11. The Labute approximate surface area is 136 Å². The Bertz CT molecular complexity index is 816. The van der Waals surface area contributed by atoms with Gasteiger partial charge in [-0.1, -0.05) is 56.3 Å². The zero-order valence-corrected chi connectivity index (χ0v) is 13.8. The van der Waals surface area contributed by atoms with Gasteiger partial charge in [0.05, 0.1) is 16.7 Å². The minimum Gasteiger partial charge on any atom is -0.309 e. The van der Waals surface area contributed by atoms with Crippen molar-refractivity contribution >= 4 is 22.7 Å². The number of fused-ring (bicyclic) bond motifs is 1. The second-order valence-corrected chi connectivity index (χ2v) is 5.80. The molecule has 23 heavy (non-hydrogen) atoms. The van der Waals surface area contributed by atoms with Crippen LogP contribution in [0.2, 0.25) is 0 Å². The summed E-state index contributed by atoms with van der Waals surface area (Å²) in [6, 6.07) is 18.4. The molecular formula is C19H22N4. The molecule has 0 spiro atoms. The predicted octanol–water partition coefficient (Wildman–Crippen LogP) is 4.53. The van der Waals surface area contributed by atoms with Crippen LogP contribution < -0.4 is 5.43 Å². The molecule has 3 aromatic rings. The highest BCUT2D eigenvalue weighted by molar-refractivity contribution is 6.02. The lowest BCUT2D eigenvalue weighted by Crippen LogP contribution is -2.13. The Morgan fingerprint density at radius 3 is 2.48 bits per heavy atom. The van der Waals surface area contributed by atoms with Gasteiger partial charge >= 0.3 is 0 Å². The maximum Gasteiger partial charge on any atom is 0.224 e. The summed E-state index contributed by atoms with van der Waals surface area (Å²) in [5, 5.41) is 4.65. The van der Waals surface area contributed by atoms with Gasteiger partial charge in [-0.25, -0.2) is 10.4 Å². The predicted molar refractivity (Wildman–Crippen MR) is 96.8 cm³/mol. The molecule has 0 saturated heterocycles. The Morgan fingerprint density at radius 1 is 1.09 bits per heavy atom. The lowest BCUT2D eigenvalue weighted by molar-refractivity contribution is 0.789. The second-order valence-electron chi connectivity index (χ2n) is 5.80. The number of benzene rings is 2. The largest absolute Gasteiger partial charge is 0.309 e. The number of hydrazone groups is 1. The van der Waals surface area contributed by atoms with E-state index in [0.29, 0.717) is 5.92 Å². The Hall–Kier alpha value is -2.62. The zero-order chi connectivity index (χ0) is 16.2. The summed E-state index contributed by atoms with van der Waals surface area (Å²) in [5.74, 6) is 1.10. The van der Waals surface area contributed by atoms with E-state index in [4.69, 9.17) is 0 Å². The quantitative estimate of drug-likeness (QED) is 0.556. The van der Waals surface area contributed by atoms with E-state index < -0.39 is 0 Å². The number of hydrogen-bond acceptors (Lipinski definition) is 3. The lowest BCUT2D eigenvalue weighted by Gasteiger charge is -2.11. The monoisotopic (exact) mass is 306 g/mol. The van der Waals surface area contributed by atoms with Crippen LogP contribution >= 0.6 is 0 Å². The molecule has 0 aliphatic carbocycles. The van der Waals surface area contributed by atoms with E-state index in [-0.39, 0.29) is 0 Å². The summed E-state index contributed by atoms with van der Waals surface area (Å²) in [6.07, 6.45) is 0. The molecule has 1 heterocycles. The Balaban J connectivity index is 1.97. The summed E-state index contributed by atoms with van der Waals surface area (Å²) >= 11 is 0. The highest BCUT2D eigenvalue weighted by Crippen LogP contribution is 2.20. The Morgan fingerprint density at radius 2 is 1.78 bits per heavy atom. The second kappa shape index (κ2) is 6.65. The van der Waals surface area contributed by atoms with Crippen molar-refractivity contribution in [2.24, 2.45) is 11.0 Å². The van der Waals surface area contributed by atoms with E-state index in [1.54, 1.807) is 0 Å². The molecule has 0 radical (unpaired) electrons. The molecule has 3 rings (SSSR count). The van der Waals surface area contributed by atoms with E-state index in [2.05, 4.69) is 59.0 Å². The van der Waals surface area contributed by atoms with E-state index in [1.165, 1.54) is 0 Å². The molecule has 4 nitrogen and oxygen atoms in total. The fraction of sp³-hybridized carbons (Fsp3) is 0.263. The maximum absolute atomic E-state index is 4.65. The summed E-state index contributed by atoms with van der Waals surface area (Å²) in [7, 11) is 0. The van der Waals surface area contributed by atoms with E-state index in [9.17, 15) is 0 Å². The topological polar surface area (TPSA) is 42.2 Å². The van der Waals surface area contributed by atoms with Crippen molar-refractivity contribution in [1.82, 2.24) is 9.55 Å². The molecular weight excluding hydrogens is 284 g/mol. The molecule has 0 saturated carbocycles. The molecule has 1 aromatic heterocycles. The molecule has 0 atom stereocenters. The normalized spacial score (nSPS) is 12.1. The third kappa shape index (κ3) is 3.11. The molecule has 0 bridgehead atoms. The van der Waals surface area contributed by atoms with Gasteiger partial charge in [-0.15, -0.1) is 0 Å². The number of hydrogen-bond donors (Lipinski definition) is 1. The average Bonchev–Trinajstić information content (AvgIpc) is 2.93. The van der Waals surface area contributed by atoms with Crippen LogP contribution in [0.15, 0.2) is 59.7 Å². The van der Waals surface area contributed by atoms with Gasteiger partial charge in [0, 0.05) is 6.54 Å². The van der Waals surface area contributed by atoms with E-state index in [1.807, 2.05) is 36.4 Å². The summed E-state index contributed by atoms with van der Waals surface area (Å²) in [6.45, 7) is 7.26. The van der Waals surface area contributed by atoms with Crippen LogP contribution in [0.4, 0.5) is 5.95 Å². The van der Waals surface area contributed by atoms with Gasteiger partial charge in [0.15, 0.2) is 0 Å². The standard InChI is InChI=1S/C19H22N4/c1-4-23-17-13-9-8-12-16(17)20-19(23)22-21-18(14(2)3)15-10-6-5-7-11-15/h5-14H,4H2,1-3H3,(H,20,22)/b21-18+. The van der Waals surface area contributed by atoms with Gasteiger partial charge < -0.3 is 4.57 Å². The highest BCUT2D eigenvalue weighted by atomic mass is 15.4. The van der Waals surface area contributed by atoms with Crippen LogP contribution in [0, 0.1) is 5.92 Å². The first kappa shape index (κ1) is 15.3. The van der Waals surface area contributed by atoms with Crippen molar-refractivity contribution in [3.05, 3.63) is 60.2 Å². The number of para-hydroxylation sites is 2. The van der Waals surface area contributed by atoms with Crippen LogP contribution in [0.25, 0.3) is 11.0 Å². The van der Waals surface area contributed by atoms with Crippen LogP contribution in [0.3, 0.4) is 0 Å². The van der Waals surface area contributed by atoms with Gasteiger partial charge in [-0.2, -0.15) is 5.10 Å².